The van der Waals surface area contributed by atoms with Gasteiger partial charge in [0.1, 0.15) is 5.75 Å². The first-order valence-corrected chi connectivity index (χ1v) is 8.78. The van der Waals surface area contributed by atoms with Crippen LogP contribution in [0.3, 0.4) is 0 Å². The molecular formula is C18H26N2O3. The Morgan fingerprint density at radius 2 is 2.04 bits per heavy atom. The molecule has 0 N–H and O–H groups in total. The lowest BCUT2D eigenvalue weighted by Crippen LogP contribution is -2.54. The van der Waals surface area contributed by atoms with E-state index < -0.39 is 0 Å². The lowest BCUT2D eigenvalue weighted by atomic mass is 10.1. The van der Waals surface area contributed by atoms with E-state index in [1.165, 1.54) is 31.5 Å². The monoisotopic (exact) mass is 318 g/mol. The molecule has 5 heteroatoms. The molecule has 0 aliphatic carbocycles. The molecule has 3 aliphatic heterocycles. The summed E-state index contributed by atoms with van der Waals surface area (Å²) in [6, 6.07) is 5.39. The van der Waals surface area contributed by atoms with Crippen molar-refractivity contribution in [2.75, 3.05) is 33.0 Å². The number of hydrogen-bond acceptors (Lipinski definition) is 5. The summed E-state index contributed by atoms with van der Waals surface area (Å²) in [6.45, 7) is 9.85. The fraction of sp³-hybridized carbons (Fsp3) is 0.667. The second-order valence-corrected chi connectivity index (χ2v) is 6.82. The molecule has 23 heavy (non-hydrogen) atoms. The molecule has 0 aromatic heterocycles. The van der Waals surface area contributed by atoms with Gasteiger partial charge in [0, 0.05) is 43.3 Å². The lowest BCUT2D eigenvalue weighted by Gasteiger charge is -2.42. The van der Waals surface area contributed by atoms with Gasteiger partial charge in [-0.15, -0.1) is 0 Å². The van der Waals surface area contributed by atoms with Gasteiger partial charge in [0.05, 0.1) is 6.61 Å². The summed E-state index contributed by atoms with van der Waals surface area (Å²) in [5.74, 6) is 2.57. The molecule has 1 unspecified atom stereocenters. The highest BCUT2D eigenvalue weighted by Crippen LogP contribution is 2.39. The van der Waals surface area contributed by atoms with E-state index in [0.717, 1.165) is 36.4 Å². The number of nitrogens with zero attached hydrogens (tertiary/aromatic N) is 2. The predicted molar refractivity (Wildman–Crippen MR) is 88.2 cm³/mol. The Morgan fingerprint density at radius 3 is 2.87 bits per heavy atom. The van der Waals surface area contributed by atoms with Gasteiger partial charge in [-0.25, -0.2) is 0 Å². The summed E-state index contributed by atoms with van der Waals surface area (Å²) < 4.78 is 16.9. The number of rotatable bonds is 4. The Bertz CT molecular complexity index is 578. The standard InChI is InChI=1S/C18H26N2O3/c1-3-21-16-8-18-17(22-12-23-18)7-14(16)10-20-11-15-5-4-6-19(15)9-13(20)2/h7-8,13,15H,3-6,9-12H2,1-2H3/t13-,15?/m1/s1. The second-order valence-electron chi connectivity index (χ2n) is 6.82. The Labute approximate surface area is 138 Å². The zero-order valence-electron chi connectivity index (χ0n) is 14.1. The molecule has 1 aromatic rings. The van der Waals surface area contributed by atoms with E-state index in [4.69, 9.17) is 14.2 Å². The van der Waals surface area contributed by atoms with Crippen LogP contribution in [0.25, 0.3) is 0 Å². The van der Waals surface area contributed by atoms with E-state index in [2.05, 4.69) is 22.8 Å². The van der Waals surface area contributed by atoms with Gasteiger partial charge < -0.3 is 14.2 Å². The molecule has 3 aliphatic rings. The van der Waals surface area contributed by atoms with Crippen LogP contribution in [0, 0.1) is 0 Å². The highest BCUT2D eigenvalue weighted by atomic mass is 16.7. The topological polar surface area (TPSA) is 34.2 Å². The maximum Gasteiger partial charge on any atom is 0.231 e. The van der Waals surface area contributed by atoms with E-state index in [1.807, 2.05) is 13.0 Å². The first-order valence-electron chi connectivity index (χ1n) is 8.78. The summed E-state index contributed by atoms with van der Waals surface area (Å²) >= 11 is 0. The average molecular weight is 318 g/mol. The maximum atomic E-state index is 5.85. The number of piperazine rings is 1. The van der Waals surface area contributed by atoms with Gasteiger partial charge in [0.2, 0.25) is 6.79 Å². The molecule has 2 saturated heterocycles. The Balaban J connectivity index is 1.55. The predicted octanol–water partition coefficient (Wildman–Crippen LogP) is 2.48. The van der Waals surface area contributed by atoms with Crippen LogP contribution in [0.1, 0.15) is 32.3 Å². The van der Waals surface area contributed by atoms with Crippen molar-refractivity contribution in [1.82, 2.24) is 9.80 Å². The van der Waals surface area contributed by atoms with Crippen molar-refractivity contribution in [3.63, 3.8) is 0 Å². The van der Waals surface area contributed by atoms with Crippen LogP contribution in [-0.4, -0.2) is 54.9 Å². The molecule has 0 saturated carbocycles. The molecule has 2 fully saturated rings. The fourth-order valence-corrected chi connectivity index (χ4v) is 4.07. The Morgan fingerprint density at radius 1 is 1.22 bits per heavy atom. The third-order valence-electron chi connectivity index (χ3n) is 5.30. The number of ether oxygens (including phenoxy) is 3. The van der Waals surface area contributed by atoms with Gasteiger partial charge in [0.25, 0.3) is 0 Å². The van der Waals surface area contributed by atoms with E-state index in [0.29, 0.717) is 19.4 Å². The number of benzene rings is 1. The summed E-state index contributed by atoms with van der Waals surface area (Å²) in [4.78, 5) is 5.25. The van der Waals surface area contributed by atoms with Gasteiger partial charge in [-0.05, 0) is 39.3 Å². The van der Waals surface area contributed by atoms with Gasteiger partial charge in [-0.3, -0.25) is 9.80 Å². The third-order valence-corrected chi connectivity index (χ3v) is 5.30. The molecule has 5 nitrogen and oxygen atoms in total. The molecule has 0 bridgehead atoms. The minimum Gasteiger partial charge on any atom is -0.493 e. The maximum absolute atomic E-state index is 5.85. The van der Waals surface area contributed by atoms with Crippen LogP contribution < -0.4 is 14.2 Å². The Hall–Kier alpha value is -1.46. The van der Waals surface area contributed by atoms with Crippen molar-refractivity contribution < 1.29 is 14.2 Å². The fourth-order valence-electron chi connectivity index (χ4n) is 4.07. The van der Waals surface area contributed by atoms with Crippen LogP contribution in [0.15, 0.2) is 12.1 Å². The number of fused-ring (bicyclic) bond motifs is 2. The van der Waals surface area contributed by atoms with E-state index >= 15 is 0 Å². The molecule has 0 radical (unpaired) electrons. The first-order chi connectivity index (χ1) is 11.2. The normalized spacial score (nSPS) is 27.2. The van der Waals surface area contributed by atoms with Gasteiger partial charge in [-0.2, -0.15) is 0 Å². The summed E-state index contributed by atoms with van der Waals surface area (Å²) in [5, 5.41) is 0. The second kappa shape index (κ2) is 6.21. The lowest BCUT2D eigenvalue weighted by molar-refractivity contribution is 0.0534. The quantitative estimate of drug-likeness (QED) is 0.852. The third kappa shape index (κ3) is 2.88. The molecule has 1 aromatic carbocycles. The summed E-state index contributed by atoms with van der Waals surface area (Å²) in [7, 11) is 0. The average Bonchev–Trinajstić information content (AvgIpc) is 3.16. The summed E-state index contributed by atoms with van der Waals surface area (Å²) in [6.07, 6.45) is 2.68. The van der Waals surface area contributed by atoms with Crippen LogP contribution >= 0.6 is 0 Å². The van der Waals surface area contributed by atoms with Crippen LogP contribution in [-0.2, 0) is 6.54 Å². The van der Waals surface area contributed by atoms with Crippen molar-refractivity contribution in [3.05, 3.63) is 17.7 Å². The largest absolute Gasteiger partial charge is 0.493 e. The summed E-state index contributed by atoms with van der Waals surface area (Å²) in [5.41, 5.74) is 1.20. The van der Waals surface area contributed by atoms with Gasteiger partial charge >= 0.3 is 0 Å². The highest BCUT2D eigenvalue weighted by Gasteiger charge is 2.34. The van der Waals surface area contributed by atoms with Crippen LogP contribution in [0.5, 0.6) is 17.2 Å². The van der Waals surface area contributed by atoms with Crippen molar-refractivity contribution in [2.45, 2.75) is 45.3 Å². The first kappa shape index (κ1) is 15.1. The number of hydrogen-bond donors (Lipinski definition) is 0. The van der Waals surface area contributed by atoms with Crippen molar-refractivity contribution in [3.8, 4) is 17.2 Å². The van der Waals surface area contributed by atoms with Crippen LogP contribution in [0.2, 0.25) is 0 Å². The molecule has 4 rings (SSSR count). The van der Waals surface area contributed by atoms with Crippen molar-refractivity contribution in [1.29, 1.82) is 0 Å². The molecule has 2 atom stereocenters. The van der Waals surface area contributed by atoms with E-state index in [-0.39, 0.29) is 0 Å². The smallest absolute Gasteiger partial charge is 0.231 e. The van der Waals surface area contributed by atoms with Gasteiger partial charge in [-0.1, -0.05) is 0 Å². The Kier molecular flexibility index (Phi) is 4.07. The zero-order valence-corrected chi connectivity index (χ0v) is 14.1. The van der Waals surface area contributed by atoms with Crippen LogP contribution in [0.4, 0.5) is 0 Å². The van der Waals surface area contributed by atoms with Crippen molar-refractivity contribution in [2.24, 2.45) is 0 Å². The minimum absolute atomic E-state index is 0.307. The highest BCUT2D eigenvalue weighted by molar-refractivity contribution is 5.51. The molecule has 126 valence electrons. The SMILES string of the molecule is CCOc1cc2c(cc1CN1CC3CCCN3C[C@H]1C)OCO2. The molecular weight excluding hydrogens is 292 g/mol. The minimum atomic E-state index is 0.307. The zero-order chi connectivity index (χ0) is 15.8. The molecule has 0 spiro atoms. The van der Waals surface area contributed by atoms with Gasteiger partial charge in [0.15, 0.2) is 11.5 Å². The van der Waals surface area contributed by atoms with E-state index in [1.54, 1.807) is 0 Å². The molecule has 0 amide bonds. The molecule has 3 heterocycles. The van der Waals surface area contributed by atoms with Crippen molar-refractivity contribution >= 4 is 0 Å². The van der Waals surface area contributed by atoms with E-state index in [9.17, 15) is 0 Å².